The van der Waals surface area contributed by atoms with Gasteiger partial charge in [0, 0.05) is 19.0 Å². The summed E-state index contributed by atoms with van der Waals surface area (Å²) in [6, 6.07) is -0.263. The zero-order chi connectivity index (χ0) is 15.4. The molecule has 0 radical (unpaired) electrons. The van der Waals surface area contributed by atoms with E-state index in [2.05, 4.69) is 4.90 Å². The lowest BCUT2D eigenvalue weighted by atomic mass is 9.95. The topological polar surface area (TPSA) is 77.9 Å². The van der Waals surface area contributed by atoms with E-state index in [0.717, 1.165) is 32.2 Å². The lowest BCUT2D eigenvalue weighted by Gasteiger charge is -2.38. The maximum atomic E-state index is 12.4. The van der Waals surface area contributed by atoms with E-state index in [1.165, 1.54) is 4.90 Å². The second-order valence-corrected chi connectivity index (χ2v) is 5.92. The van der Waals surface area contributed by atoms with Crippen molar-refractivity contribution in [3.8, 4) is 0 Å². The van der Waals surface area contributed by atoms with Crippen molar-refractivity contribution in [2.45, 2.75) is 64.0 Å². The lowest BCUT2D eigenvalue weighted by molar-refractivity contribution is -0.140. The van der Waals surface area contributed by atoms with Gasteiger partial charge in [-0.25, -0.2) is 0 Å². The van der Waals surface area contributed by atoms with E-state index in [0.29, 0.717) is 13.0 Å². The highest BCUT2D eigenvalue weighted by molar-refractivity contribution is 6.05. The smallest absolute Gasteiger partial charge is 0.303 e. The van der Waals surface area contributed by atoms with Crippen molar-refractivity contribution >= 4 is 17.8 Å². The van der Waals surface area contributed by atoms with Crippen molar-refractivity contribution in [1.82, 2.24) is 9.80 Å². The minimum absolute atomic E-state index is 0.0885. The van der Waals surface area contributed by atoms with Gasteiger partial charge in [-0.05, 0) is 32.2 Å². The Kier molecular flexibility index (Phi) is 5.33. The summed E-state index contributed by atoms with van der Waals surface area (Å²) in [5.74, 6) is -0.986. The fourth-order valence-corrected chi connectivity index (χ4v) is 3.42. The fraction of sp³-hybridized carbons (Fsp3) is 0.800. The van der Waals surface area contributed by atoms with Crippen LogP contribution in [0.4, 0.5) is 0 Å². The number of carboxylic acids is 1. The lowest BCUT2D eigenvalue weighted by Crippen LogP contribution is -2.50. The first-order chi connectivity index (χ1) is 10.0. The minimum Gasteiger partial charge on any atom is -0.481 e. The van der Waals surface area contributed by atoms with Crippen LogP contribution in [0.3, 0.4) is 0 Å². The molecule has 0 saturated carbocycles. The number of hydrogen-bond donors (Lipinski definition) is 1. The van der Waals surface area contributed by atoms with Gasteiger partial charge >= 0.3 is 5.97 Å². The van der Waals surface area contributed by atoms with Crippen LogP contribution in [0.5, 0.6) is 0 Å². The molecule has 0 spiro atoms. The fourth-order valence-electron chi connectivity index (χ4n) is 3.42. The number of rotatable bonds is 6. The molecule has 2 unspecified atom stereocenters. The molecule has 1 N–H and O–H groups in total. The molecule has 118 valence electrons. The van der Waals surface area contributed by atoms with Crippen LogP contribution in [0.1, 0.15) is 51.9 Å². The van der Waals surface area contributed by atoms with Crippen LogP contribution in [-0.4, -0.2) is 57.9 Å². The number of carboxylic acid groups (broad SMARTS) is 1. The van der Waals surface area contributed by atoms with Crippen LogP contribution in [0, 0.1) is 0 Å². The molecule has 0 bridgehead atoms. The summed E-state index contributed by atoms with van der Waals surface area (Å²) in [7, 11) is 0. The molecular weight excluding hydrogens is 272 g/mol. The van der Waals surface area contributed by atoms with Gasteiger partial charge in [-0.2, -0.15) is 0 Å². The van der Waals surface area contributed by atoms with Crippen LogP contribution in [0.25, 0.3) is 0 Å². The first-order valence-corrected chi connectivity index (χ1v) is 7.86. The van der Waals surface area contributed by atoms with Crippen molar-refractivity contribution in [1.29, 1.82) is 0 Å². The number of piperidine rings is 1. The van der Waals surface area contributed by atoms with Gasteiger partial charge in [-0.3, -0.25) is 24.2 Å². The van der Waals surface area contributed by atoms with Gasteiger partial charge in [0.25, 0.3) is 0 Å². The SMILES string of the molecule is CCCN1C(=O)CC(N2CCCCC2CCC(=O)O)C1=O. The van der Waals surface area contributed by atoms with Gasteiger partial charge in [-0.15, -0.1) is 0 Å². The Balaban J connectivity index is 2.05. The Morgan fingerprint density at radius 2 is 2.10 bits per heavy atom. The van der Waals surface area contributed by atoms with E-state index in [1.807, 2.05) is 6.92 Å². The molecule has 2 heterocycles. The standard InChI is InChI=1S/C15H24N2O4/c1-2-8-17-13(18)10-12(15(17)21)16-9-4-3-5-11(16)6-7-14(19)20/h11-12H,2-10H2,1H3,(H,19,20). The maximum Gasteiger partial charge on any atom is 0.303 e. The van der Waals surface area contributed by atoms with Gasteiger partial charge in [-0.1, -0.05) is 13.3 Å². The van der Waals surface area contributed by atoms with E-state index in [4.69, 9.17) is 5.11 Å². The third kappa shape index (κ3) is 3.61. The normalized spacial score (nSPS) is 27.4. The predicted molar refractivity (Wildman–Crippen MR) is 76.6 cm³/mol. The molecule has 6 nitrogen and oxygen atoms in total. The highest BCUT2D eigenvalue weighted by atomic mass is 16.4. The van der Waals surface area contributed by atoms with Crippen LogP contribution >= 0.6 is 0 Å². The third-order valence-electron chi connectivity index (χ3n) is 4.43. The summed E-state index contributed by atoms with van der Waals surface area (Å²) < 4.78 is 0. The van der Waals surface area contributed by atoms with E-state index in [1.54, 1.807) is 0 Å². The molecule has 0 aromatic carbocycles. The maximum absolute atomic E-state index is 12.4. The van der Waals surface area contributed by atoms with E-state index in [9.17, 15) is 14.4 Å². The quantitative estimate of drug-likeness (QED) is 0.746. The molecule has 2 aliphatic rings. The van der Waals surface area contributed by atoms with Gasteiger partial charge in [0.05, 0.1) is 12.5 Å². The van der Waals surface area contributed by atoms with Crippen LogP contribution in [0.2, 0.25) is 0 Å². The first kappa shape index (κ1) is 15.9. The molecular formula is C15H24N2O4. The average molecular weight is 296 g/mol. The van der Waals surface area contributed by atoms with Crippen molar-refractivity contribution in [2.75, 3.05) is 13.1 Å². The molecule has 0 aromatic rings. The number of amides is 2. The highest BCUT2D eigenvalue weighted by Crippen LogP contribution is 2.28. The average Bonchev–Trinajstić information content (AvgIpc) is 2.74. The number of carbonyl (C=O) groups excluding carboxylic acids is 2. The summed E-state index contributed by atoms with van der Waals surface area (Å²) >= 11 is 0. The summed E-state index contributed by atoms with van der Waals surface area (Å²) in [5, 5.41) is 8.85. The van der Waals surface area contributed by atoms with Crippen LogP contribution in [0.15, 0.2) is 0 Å². The highest BCUT2D eigenvalue weighted by Gasteiger charge is 2.43. The van der Waals surface area contributed by atoms with Crippen LogP contribution in [-0.2, 0) is 14.4 Å². The second kappa shape index (κ2) is 7.02. The number of carbonyl (C=O) groups is 3. The number of aliphatic carboxylic acids is 1. The Morgan fingerprint density at radius 1 is 1.33 bits per heavy atom. The summed E-state index contributed by atoms with van der Waals surface area (Å²) in [4.78, 5) is 38.7. The van der Waals surface area contributed by atoms with Crippen LogP contribution < -0.4 is 0 Å². The molecule has 2 amide bonds. The number of likely N-dealkylation sites (tertiary alicyclic amines) is 2. The van der Waals surface area contributed by atoms with E-state index < -0.39 is 5.97 Å². The van der Waals surface area contributed by atoms with E-state index >= 15 is 0 Å². The predicted octanol–water partition coefficient (Wildman–Crippen LogP) is 1.24. The largest absolute Gasteiger partial charge is 0.481 e. The van der Waals surface area contributed by atoms with Gasteiger partial charge in [0.1, 0.15) is 0 Å². The molecule has 6 heteroatoms. The molecule has 21 heavy (non-hydrogen) atoms. The third-order valence-corrected chi connectivity index (χ3v) is 4.43. The number of nitrogens with zero attached hydrogens (tertiary/aromatic N) is 2. The zero-order valence-corrected chi connectivity index (χ0v) is 12.6. The monoisotopic (exact) mass is 296 g/mol. The van der Waals surface area contributed by atoms with Crippen molar-refractivity contribution in [3.63, 3.8) is 0 Å². The molecule has 2 aliphatic heterocycles. The van der Waals surface area contributed by atoms with Crippen molar-refractivity contribution in [2.24, 2.45) is 0 Å². The summed E-state index contributed by atoms with van der Waals surface area (Å²) in [5.41, 5.74) is 0. The molecule has 2 atom stereocenters. The molecule has 0 aromatic heterocycles. The summed E-state index contributed by atoms with van der Waals surface area (Å²) in [6.07, 6.45) is 4.69. The number of hydrogen-bond acceptors (Lipinski definition) is 4. The van der Waals surface area contributed by atoms with E-state index in [-0.39, 0.29) is 36.7 Å². The first-order valence-electron chi connectivity index (χ1n) is 7.86. The van der Waals surface area contributed by atoms with Gasteiger partial charge in [0.2, 0.25) is 11.8 Å². The Hall–Kier alpha value is -1.43. The van der Waals surface area contributed by atoms with Gasteiger partial charge in [0.15, 0.2) is 0 Å². The second-order valence-electron chi connectivity index (χ2n) is 5.92. The van der Waals surface area contributed by atoms with Crippen molar-refractivity contribution < 1.29 is 19.5 Å². The molecule has 0 aliphatic carbocycles. The van der Waals surface area contributed by atoms with Gasteiger partial charge < -0.3 is 5.11 Å². The number of imide groups is 1. The zero-order valence-electron chi connectivity index (χ0n) is 12.6. The molecule has 2 saturated heterocycles. The Morgan fingerprint density at radius 3 is 2.76 bits per heavy atom. The Labute approximate surface area is 125 Å². The Bertz CT molecular complexity index is 424. The van der Waals surface area contributed by atoms with Crippen molar-refractivity contribution in [3.05, 3.63) is 0 Å². The summed E-state index contributed by atoms with van der Waals surface area (Å²) in [6.45, 7) is 3.22. The molecule has 2 fully saturated rings. The molecule has 2 rings (SSSR count). The minimum atomic E-state index is -0.804.